The second-order valence-corrected chi connectivity index (χ2v) is 6.75. The quantitative estimate of drug-likeness (QED) is 0.878. The lowest BCUT2D eigenvalue weighted by molar-refractivity contribution is -0.141. The number of benzene rings is 2. The van der Waals surface area contributed by atoms with Crippen molar-refractivity contribution >= 4 is 21.9 Å². The first-order valence-electron chi connectivity index (χ1n) is 7.48. The van der Waals surface area contributed by atoms with E-state index < -0.39 is 11.9 Å². The summed E-state index contributed by atoms with van der Waals surface area (Å²) in [6.45, 7) is 1.78. The molecule has 1 aliphatic heterocycles. The van der Waals surface area contributed by atoms with Crippen molar-refractivity contribution in [3.63, 3.8) is 0 Å². The number of rotatable bonds is 4. The van der Waals surface area contributed by atoms with Gasteiger partial charge < -0.3 is 5.11 Å². The highest BCUT2D eigenvalue weighted by molar-refractivity contribution is 9.10. The van der Waals surface area contributed by atoms with Crippen LogP contribution in [-0.4, -0.2) is 29.1 Å². The summed E-state index contributed by atoms with van der Waals surface area (Å²) >= 11 is 3.43. The molecule has 1 fully saturated rings. The summed E-state index contributed by atoms with van der Waals surface area (Å²) in [5.41, 5.74) is 1.88. The van der Waals surface area contributed by atoms with Gasteiger partial charge in [-0.05, 0) is 29.3 Å². The van der Waals surface area contributed by atoms with E-state index in [1.807, 2.05) is 30.3 Å². The van der Waals surface area contributed by atoms with Gasteiger partial charge >= 0.3 is 5.97 Å². The van der Waals surface area contributed by atoms with Crippen LogP contribution in [0.2, 0.25) is 0 Å². The van der Waals surface area contributed by atoms with E-state index >= 15 is 0 Å². The molecule has 0 aliphatic carbocycles. The van der Waals surface area contributed by atoms with E-state index in [9.17, 15) is 14.3 Å². The molecule has 3 nitrogen and oxygen atoms in total. The number of halogens is 2. The summed E-state index contributed by atoms with van der Waals surface area (Å²) in [5.74, 6) is -1.92. The Morgan fingerprint density at radius 1 is 1.22 bits per heavy atom. The van der Waals surface area contributed by atoms with Crippen molar-refractivity contribution in [2.24, 2.45) is 5.92 Å². The van der Waals surface area contributed by atoms with Crippen molar-refractivity contribution in [1.82, 2.24) is 4.90 Å². The van der Waals surface area contributed by atoms with Crippen LogP contribution in [0.15, 0.2) is 53.0 Å². The molecule has 2 unspecified atom stereocenters. The number of hydrogen-bond donors (Lipinski definition) is 1. The van der Waals surface area contributed by atoms with E-state index in [2.05, 4.69) is 20.8 Å². The zero-order valence-electron chi connectivity index (χ0n) is 12.5. The van der Waals surface area contributed by atoms with Gasteiger partial charge in [0.2, 0.25) is 0 Å². The minimum Gasteiger partial charge on any atom is -0.481 e. The molecule has 1 saturated heterocycles. The number of hydrogen-bond acceptors (Lipinski definition) is 2. The van der Waals surface area contributed by atoms with Crippen molar-refractivity contribution in [1.29, 1.82) is 0 Å². The van der Waals surface area contributed by atoms with Crippen molar-refractivity contribution < 1.29 is 14.3 Å². The molecule has 0 radical (unpaired) electrons. The van der Waals surface area contributed by atoms with E-state index in [1.165, 1.54) is 12.1 Å². The van der Waals surface area contributed by atoms with Crippen LogP contribution in [0.5, 0.6) is 0 Å². The summed E-state index contributed by atoms with van der Waals surface area (Å²) in [7, 11) is 0. The lowest BCUT2D eigenvalue weighted by Crippen LogP contribution is -2.23. The van der Waals surface area contributed by atoms with E-state index in [-0.39, 0.29) is 11.7 Å². The topological polar surface area (TPSA) is 40.5 Å². The van der Waals surface area contributed by atoms with Gasteiger partial charge in [-0.25, -0.2) is 4.39 Å². The highest BCUT2D eigenvalue weighted by Gasteiger charge is 2.39. The van der Waals surface area contributed by atoms with Crippen molar-refractivity contribution in [2.75, 3.05) is 13.1 Å². The minimum atomic E-state index is -0.832. The van der Waals surface area contributed by atoms with Crippen LogP contribution in [0.4, 0.5) is 4.39 Å². The second kappa shape index (κ2) is 6.81. The number of carbonyl (C=O) groups is 1. The Hall–Kier alpha value is -1.72. The zero-order valence-corrected chi connectivity index (χ0v) is 14.0. The van der Waals surface area contributed by atoms with Gasteiger partial charge in [-0.2, -0.15) is 0 Å². The largest absolute Gasteiger partial charge is 0.481 e. The standard InChI is InChI=1S/C18H17BrFNO2/c19-17-7-6-13(20)8-14(17)15-10-21(11-16(15)18(22)23)9-12-4-2-1-3-5-12/h1-8,15-16H,9-11H2,(H,22,23). The van der Waals surface area contributed by atoms with Gasteiger partial charge in [0.25, 0.3) is 0 Å². The van der Waals surface area contributed by atoms with Crippen molar-refractivity contribution in [3.8, 4) is 0 Å². The van der Waals surface area contributed by atoms with E-state index in [0.29, 0.717) is 19.6 Å². The minimum absolute atomic E-state index is 0.221. The molecule has 23 heavy (non-hydrogen) atoms. The number of nitrogens with zero attached hydrogens (tertiary/aromatic N) is 1. The molecule has 2 aromatic carbocycles. The SMILES string of the molecule is O=C(O)C1CN(Cc2ccccc2)CC1c1cc(F)ccc1Br. The monoisotopic (exact) mass is 377 g/mol. The van der Waals surface area contributed by atoms with Crippen molar-refractivity contribution in [2.45, 2.75) is 12.5 Å². The predicted molar refractivity (Wildman–Crippen MR) is 89.7 cm³/mol. The molecule has 3 rings (SSSR count). The number of carboxylic acids is 1. The van der Waals surface area contributed by atoms with Crippen molar-refractivity contribution in [3.05, 3.63) is 69.9 Å². The Bertz CT molecular complexity index is 707. The average molecular weight is 378 g/mol. The molecule has 2 aromatic rings. The highest BCUT2D eigenvalue weighted by Crippen LogP contribution is 2.37. The van der Waals surface area contributed by atoms with Gasteiger partial charge in [-0.3, -0.25) is 9.69 Å². The average Bonchev–Trinajstić information content (AvgIpc) is 2.94. The molecule has 0 amide bonds. The second-order valence-electron chi connectivity index (χ2n) is 5.90. The third kappa shape index (κ3) is 3.62. The van der Waals surface area contributed by atoms with Crippen LogP contribution in [0.1, 0.15) is 17.0 Å². The summed E-state index contributed by atoms with van der Waals surface area (Å²) in [5, 5.41) is 9.55. The molecule has 1 aliphatic rings. The first-order chi connectivity index (χ1) is 11.0. The van der Waals surface area contributed by atoms with E-state index in [0.717, 1.165) is 15.6 Å². The smallest absolute Gasteiger partial charge is 0.308 e. The summed E-state index contributed by atoms with van der Waals surface area (Å²) in [6, 6.07) is 14.4. The maximum atomic E-state index is 13.6. The van der Waals surface area contributed by atoms with E-state index in [4.69, 9.17) is 0 Å². The van der Waals surface area contributed by atoms with Gasteiger partial charge in [-0.15, -0.1) is 0 Å². The molecule has 0 saturated carbocycles. The Labute approximate surface area is 142 Å². The van der Waals surface area contributed by atoms with Crippen LogP contribution in [0.25, 0.3) is 0 Å². The molecule has 120 valence electrons. The third-order valence-corrected chi connectivity index (χ3v) is 5.04. The molecule has 0 aromatic heterocycles. The van der Waals surface area contributed by atoms with Gasteiger partial charge in [0.1, 0.15) is 5.82 Å². The highest BCUT2D eigenvalue weighted by atomic mass is 79.9. The molecular weight excluding hydrogens is 361 g/mol. The maximum absolute atomic E-state index is 13.6. The summed E-state index contributed by atoms with van der Waals surface area (Å²) in [4.78, 5) is 13.8. The molecule has 0 bridgehead atoms. The number of carboxylic acid groups (broad SMARTS) is 1. The van der Waals surface area contributed by atoms with Crippen LogP contribution in [0, 0.1) is 11.7 Å². The first kappa shape index (κ1) is 16.1. The normalized spacial score (nSPS) is 21.5. The third-order valence-electron chi connectivity index (χ3n) is 4.32. The van der Waals surface area contributed by atoms with Gasteiger partial charge in [0, 0.05) is 30.0 Å². The van der Waals surface area contributed by atoms with Crippen LogP contribution in [-0.2, 0) is 11.3 Å². The molecule has 5 heteroatoms. The van der Waals surface area contributed by atoms with Crippen LogP contribution in [0.3, 0.4) is 0 Å². The molecule has 1 heterocycles. The van der Waals surface area contributed by atoms with Crippen LogP contribution >= 0.6 is 15.9 Å². The van der Waals surface area contributed by atoms with Crippen LogP contribution < -0.4 is 0 Å². The lowest BCUT2D eigenvalue weighted by atomic mass is 9.89. The fourth-order valence-corrected chi connectivity index (χ4v) is 3.76. The van der Waals surface area contributed by atoms with E-state index in [1.54, 1.807) is 6.07 Å². The Morgan fingerprint density at radius 3 is 2.65 bits per heavy atom. The fourth-order valence-electron chi connectivity index (χ4n) is 3.22. The predicted octanol–water partition coefficient (Wildman–Crippen LogP) is 3.89. The zero-order chi connectivity index (χ0) is 16.4. The molecular formula is C18H17BrFNO2. The first-order valence-corrected chi connectivity index (χ1v) is 8.28. The van der Waals surface area contributed by atoms with Gasteiger partial charge in [-0.1, -0.05) is 46.3 Å². The Kier molecular flexibility index (Phi) is 4.78. The number of aliphatic carboxylic acids is 1. The molecule has 0 spiro atoms. The Morgan fingerprint density at radius 2 is 1.96 bits per heavy atom. The lowest BCUT2D eigenvalue weighted by Gasteiger charge is -2.17. The summed E-state index contributed by atoms with van der Waals surface area (Å²) in [6.07, 6.45) is 0. The molecule has 2 atom stereocenters. The van der Waals surface area contributed by atoms with Gasteiger partial charge in [0.05, 0.1) is 5.92 Å². The maximum Gasteiger partial charge on any atom is 0.308 e. The van der Waals surface area contributed by atoms with Gasteiger partial charge in [0.15, 0.2) is 0 Å². The fraction of sp³-hybridized carbons (Fsp3) is 0.278. The molecule has 1 N–H and O–H groups in total. The Balaban J connectivity index is 1.84. The summed E-state index contributed by atoms with van der Waals surface area (Å²) < 4.78 is 14.4. The number of likely N-dealkylation sites (tertiary alicyclic amines) is 1.